The van der Waals surface area contributed by atoms with Gasteiger partial charge in [-0.25, -0.2) is 0 Å². The summed E-state index contributed by atoms with van der Waals surface area (Å²) in [6.07, 6.45) is 4.58. The lowest BCUT2D eigenvalue weighted by atomic mass is 10.0. The largest absolute Gasteiger partial charge is 0.435 e. The maximum Gasteiger partial charge on any atom is 0.387 e. The van der Waals surface area contributed by atoms with E-state index in [0.29, 0.717) is 0 Å². The Morgan fingerprint density at radius 3 is 1.68 bits per heavy atom. The quantitative estimate of drug-likeness (QED) is 0.164. The molecular weight excluding hydrogens is 362 g/mol. The number of halogens is 2. The first-order chi connectivity index (χ1) is 13.4. The van der Waals surface area contributed by atoms with E-state index < -0.39 is 18.2 Å². The monoisotopic (exact) mass is 398 g/mol. The molecule has 3 nitrogen and oxygen atoms in total. The summed E-state index contributed by atoms with van der Waals surface area (Å²) >= 11 is 0. The van der Waals surface area contributed by atoms with Crippen molar-refractivity contribution in [3.05, 3.63) is 66.8 Å². The number of hydrogen-bond donors (Lipinski definition) is 0. The molecule has 5 heteroatoms. The van der Waals surface area contributed by atoms with Gasteiger partial charge < -0.3 is 4.74 Å². The third kappa shape index (κ3) is 16.9. The predicted octanol–water partition coefficient (Wildman–Crippen LogP) is 7.44. The molecule has 0 aliphatic carbocycles. The SMILES string of the molecule is C=C/C=C(\C)C(=O)C(=O)c1ccc(OC(F)F)cc1.C=CC.CC.CC.CC. The lowest BCUT2D eigenvalue weighted by Gasteiger charge is -2.05. The van der Waals surface area contributed by atoms with Crippen LogP contribution in [0.25, 0.3) is 0 Å². The van der Waals surface area contributed by atoms with Crippen molar-refractivity contribution >= 4 is 11.6 Å². The van der Waals surface area contributed by atoms with E-state index in [1.807, 2.05) is 48.5 Å². The number of rotatable bonds is 6. The Kier molecular flexibility index (Phi) is 28.9. The third-order valence-electron chi connectivity index (χ3n) is 2.27. The number of Topliss-reactive ketones (excluding diaryl/α,β-unsaturated/α-hetero) is 2. The van der Waals surface area contributed by atoms with E-state index in [2.05, 4.69) is 17.9 Å². The van der Waals surface area contributed by atoms with Crippen molar-refractivity contribution < 1.29 is 23.1 Å². The van der Waals surface area contributed by atoms with E-state index in [1.54, 1.807) is 6.08 Å². The van der Waals surface area contributed by atoms with E-state index in [4.69, 9.17) is 0 Å². The smallest absolute Gasteiger partial charge is 0.387 e. The van der Waals surface area contributed by atoms with Crippen molar-refractivity contribution in [3.8, 4) is 5.75 Å². The molecule has 160 valence electrons. The second-order valence-corrected chi connectivity index (χ2v) is 4.05. The Hall–Kier alpha value is -2.56. The second-order valence-electron chi connectivity index (χ2n) is 4.05. The Labute approximate surface area is 169 Å². The lowest BCUT2D eigenvalue weighted by molar-refractivity contribution is -0.111. The first-order valence-corrected chi connectivity index (χ1v) is 9.37. The van der Waals surface area contributed by atoms with Gasteiger partial charge in [0.1, 0.15) is 5.75 Å². The number of ketones is 2. The zero-order valence-electron chi connectivity index (χ0n) is 18.5. The fourth-order valence-corrected chi connectivity index (χ4v) is 1.35. The summed E-state index contributed by atoms with van der Waals surface area (Å²) < 4.78 is 28.0. The Balaban J connectivity index is -0.000000277. The minimum atomic E-state index is -2.93. The number of allylic oxidation sites excluding steroid dienone is 4. The molecule has 0 spiro atoms. The maximum absolute atomic E-state index is 11.9. The minimum absolute atomic E-state index is 0.0719. The van der Waals surface area contributed by atoms with Gasteiger partial charge in [-0.3, -0.25) is 9.59 Å². The molecule has 0 aromatic heterocycles. The zero-order chi connectivity index (χ0) is 23.1. The summed E-state index contributed by atoms with van der Waals surface area (Å²) in [6, 6.07) is 4.94. The fourth-order valence-electron chi connectivity index (χ4n) is 1.35. The van der Waals surface area contributed by atoms with Gasteiger partial charge in [0, 0.05) is 11.1 Å². The highest BCUT2D eigenvalue weighted by Gasteiger charge is 2.17. The van der Waals surface area contributed by atoms with Crippen molar-refractivity contribution in [2.45, 2.75) is 62.0 Å². The second kappa shape index (κ2) is 24.4. The number of carbonyl (C=O) groups excluding carboxylic acids is 2. The molecule has 0 unspecified atom stereocenters. The van der Waals surface area contributed by atoms with Crippen molar-refractivity contribution in [1.82, 2.24) is 0 Å². The van der Waals surface area contributed by atoms with Crippen LogP contribution < -0.4 is 4.74 Å². The van der Waals surface area contributed by atoms with Gasteiger partial charge in [-0.15, -0.1) is 6.58 Å². The first-order valence-electron chi connectivity index (χ1n) is 9.37. The molecule has 0 amide bonds. The summed E-state index contributed by atoms with van der Waals surface area (Å²) in [4.78, 5) is 23.5. The third-order valence-corrected chi connectivity index (χ3v) is 2.27. The van der Waals surface area contributed by atoms with Crippen LogP contribution in [0.1, 0.15) is 65.7 Å². The van der Waals surface area contributed by atoms with E-state index in [9.17, 15) is 18.4 Å². The van der Waals surface area contributed by atoms with Crippen LogP contribution in [0, 0.1) is 0 Å². The highest BCUT2D eigenvalue weighted by Crippen LogP contribution is 2.16. The molecule has 0 bridgehead atoms. The van der Waals surface area contributed by atoms with Crippen molar-refractivity contribution in [2.24, 2.45) is 0 Å². The molecule has 0 heterocycles. The predicted molar refractivity (Wildman–Crippen MR) is 116 cm³/mol. The number of ether oxygens (including phenoxy) is 1. The van der Waals surface area contributed by atoms with Crippen LogP contribution in [0.15, 0.2) is 61.2 Å². The molecule has 1 rings (SSSR count). The molecule has 0 aliphatic rings. The average Bonchev–Trinajstić information content (AvgIpc) is 2.72. The van der Waals surface area contributed by atoms with Gasteiger partial charge >= 0.3 is 6.61 Å². The Morgan fingerprint density at radius 1 is 0.964 bits per heavy atom. The van der Waals surface area contributed by atoms with Crippen LogP contribution in [-0.2, 0) is 4.79 Å². The van der Waals surface area contributed by atoms with Gasteiger partial charge in [-0.1, -0.05) is 66.3 Å². The summed E-state index contributed by atoms with van der Waals surface area (Å²) in [6.45, 7) is 19.2. The van der Waals surface area contributed by atoms with E-state index in [1.165, 1.54) is 43.3 Å². The van der Waals surface area contributed by atoms with Crippen LogP contribution in [0.3, 0.4) is 0 Å². The maximum atomic E-state index is 11.9. The zero-order valence-corrected chi connectivity index (χ0v) is 18.5. The molecule has 0 saturated heterocycles. The number of alkyl halides is 2. The Morgan fingerprint density at radius 2 is 1.36 bits per heavy atom. The topological polar surface area (TPSA) is 43.4 Å². The van der Waals surface area contributed by atoms with Crippen LogP contribution >= 0.6 is 0 Å². The molecule has 1 aromatic carbocycles. The highest BCUT2D eigenvalue weighted by molar-refractivity contribution is 6.49. The van der Waals surface area contributed by atoms with Gasteiger partial charge in [0.15, 0.2) is 0 Å². The molecule has 28 heavy (non-hydrogen) atoms. The highest BCUT2D eigenvalue weighted by atomic mass is 19.3. The normalized spacial score (nSPS) is 8.75. The van der Waals surface area contributed by atoms with Crippen LogP contribution in [0.5, 0.6) is 5.75 Å². The summed E-state index contributed by atoms with van der Waals surface area (Å²) in [7, 11) is 0. The number of hydrogen-bond acceptors (Lipinski definition) is 3. The molecular formula is C23H36F2O3. The van der Waals surface area contributed by atoms with E-state index in [-0.39, 0.29) is 16.9 Å². The standard InChI is InChI=1S/C14H12F2O3.C3H6.3C2H6/c1-3-4-9(2)12(17)13(18)10-5-7-11(8-6-10)19-14(15)16;1-3-2;3*1-2/h3-8,14H,1H2,2H3;3H,1H2,2H3;3*1-2H3/b9-4+;;;;. The van der Waals surface area contributed by atoms with Crippen molar-refractivity contribution in [3.63, 3.8) is 0 Å². The molecule has 0 radical (unpaired) electrons. The van der Waals surface area contributed by atoms with Crippen LogP contribution in [0.2, 0.25) is 0 Å². The summed E-state index contributed by atoms with van der Waals surface area (Å²) in [5.74, 6) is -1.45. The summed E-state index contributed by atoms with van der Waals surface area (Å²) in [5.41, 5.74) is 0.372. The molecule has 0 fully saturated rings. The number of carbonyl (C=O) groups is 2. The van der Waals surface area contributed by atoms with E-state index in [0.717, 1.165) is 0 Å². The van der Waals surface area contributed by atoms with Gasteiger partial charge in [0.2, 0.25) is 11.6 Å². The van der Waals surface area contributed by atoms with Gasteiger partial charge in [0.05, 0.1) is 0 Å². The Bertz CT molecular complexity index is 560. The van der Waals surface area contributed by atoms with Gasteiger partial charge in [-0.2, -0.15) is 8.78 Å². The molecule has 0 saturated carbocycles. The summed E-state index contributed by atoms with van der Waals surface area (Å²) in [5, 5.41) is 0. The van der Waals surface area contributed by atoms with Gasteiger partial charge in [-0.05, 0) is 38.1 Å². The van der Waals surface area contributed by atoms with Crippen molar-refractivity contribution in [1.29, 1.82) is 0 Å². The van der Waals surface area contributed by atoms with E-state index >= 15 is 0 Å². The van der Waals surface area contributed by atoms with Crippen molar-refractivity contribution in [2.75, 3.05) is 0 Å². The van der Waals surface area contributed by atoms with Crippen LogP contribution in [-0.4, -0.2) is 18.2 Å². The fraction of sp³-hybridized carbons (Fsp3) is 0.391. The van der Waals surface area contributed by atoms with Gasteiger partial charge in [0.25, 0.3) is 0 Å². The van der Waals surface area contributed by atoms with Crippen LogP contribution in [0.4, 0.5) is 8.78 Å². The number of benzene rings is 1. The molecule has 1 aromatic rings. The molecule has 0 N–H and O–H groups in total. The first kappa shape index (κ1) is 33.1. The molecule has 0 atom stereocenters. The lowest BCUT2D eigenvalue weighted by Crippen LogP contribution is -2.15. The average molecular weight is 399 g/mol. The minimum Gasteiger partial charge on any atom is -0.435 e. The molecule has 0 aliphatic heterocycles.